The lowest BCUT2D eigenvalue weighted by atomic mass is 10.1. The van der Waals surface area contributed by atoms with Gasteiger partial charge < -0.3 is 14.5 Å². The van der Waals surface area contributed by atoms with Crippen molar-refractivity contribution in [3.8, 4) is 0 Å². The van der Waals surface area contributed by atoms with E-state index in [0.717, 1.165) is 5.56 Å². The molecule has 1 N–H and O–H groups in total. The van der Waals surface area contributed by atoms with Gasteiger partial charge in [0, 0.05) is 17.8 Å². The van der Waals surface area contributed by atoms with Gasteiger partial charge in [-0.2, -0.15) is 0 Å². The Hall–Kier alpha value is -2.83. The van der Waals surface area contributed by atoms with Crippen LogP contribution in [0.4, 0.5) is 11.4 Å². The normalized spacial score (nSPS) is 10.3. The molecule has 7 nitrogen and oxygen atoms in total. The third-order valence-electron chi connectivity index (χ3n) is 3.11. The zero-order valence-electron chi connectivity index (χ0n) is 12.3. The Morgan fingerprint density at radius 1 is 1.41 bits per heavy atom. The molecular formula is C15H16N2O5. The van der Waals surface area contributed by atoms with Gasteiger partial charge in [0.25, 0.3) is 5.69 Å². The lowest BCUT2D eigenvalue weighted by Gasteiger charge is -2.09. The molecule has 0 aliphatic carbocycles. The van der Waals surface area contributed by atoms with Gasteiger partial charge in [-0.3, -0.25) is 10.1 Å². The lowest BCUT2D eigenvalue weighted by molar-refractivity contribution is -0.384. The molecule has 2 rings (SSSR count). The van der Waals surface area contributed by atoms with Crippen LogP contribution in [0.25, 0.3) is 0 Å². The quantitative estimate of drug-likeness (QED) is 0.500. The molecule has 116 valence electrons. The highest BCUT2D eigenvalue weighted by Crippen LogP contribution is 2.23. The van der Waals surface area contributed by atoms with E-state index in [1.807, 2.05) is 6.92 Å². The molecule has 1 aromatic heterocycles. The van der Waals surface area contributed by atoms with E-state index >= 15 is 0 Å². The Bertz CT molecular complexity index is 693. The van der Waals surface area contributed by atoms with Crippen LogP contribution >= 0.6 is 0 Å². The molecule has 0 aliphatic heterocycles. The summed E-state index contributed by atoms with van der Waals surface area (Å²) < 4.78 is 10.2. The second-order valence-electron chi connectivity index (χ2n) is 4.59. The average Bonchev–Trinajstić information content (AvgIpc) is 2.95. The average molecular weight is 304 g/mol. The van der Waals surface area contributed by atoms with E-state index in [-0.39, 0.29) is 18.8 Å². The van der Waals surface area contributed by atoms with Gasteiger partial charge >= 0.3 is 5.97 Å². The van der Waals surface area contributed by atoms with E-state index in [9.17, 15) is 14.9 Å². The van der Waals surface area contributed by atoms with E-state index < -0.39 is 10.9 Å². The summed E-state index contributed by atoms with van der Waals surface area (Å²) in [7, 11) is 0. The van der Waals surface area contributed by atoms with E-state index in [0.29, 0.717) is 17.0 Å². The van der Waals surface area contributed by atoms with Crippen molar-refractivity contribution in [2.24, 2.45) is 0 Å². The Morgan fingerprint density at radius 3 is 2.86 bits per heavy atom. The number of hydrogen-bond acceptors (Lipinski definition) is 6. The number of rotatable bonds is 6. The number of ether oxygens (including phenoxy) is 1. The standard InChI is InChI=1S/C15H16N2O5/c1-3-21-15(18)12-6-7-22-14(12)9-16-13-8-11(17(19)20)5-4-10(13)2/h4-8,16H,3,9H2,1-2H3. The number of non-ortho nitro benzene ring substituents is 1. The van der Waals surface area contributed by atoms with Crippen LogP contribution in [-0.2, 0) is 11.3 Å². The Morgan fingerprint density at radius 2 is 2.18 bits per heavy atom. The fourth-order valence-electron chi connectivity index (χ4n) is 1.96. The predicted octanol–water partition coefficient (Wildman–Crippen LogP) is 3.29. The molecule has 0 unspecified atom stereocenters. The van der Waals surface area contributed by atoms with E-state index in [2.05, 4.69) is 5.32 Å². The van der Waals surface area contributed by atoms with E-state index in [1.165, 1.54) is 24.5 Å². The van der Waals surface area contributed by atoms with Crippen LogP contribution in [0.3, 0.4) is 0 Å². The molecule has 0 saturated heterocycles. The first-order valence-electron chi connectivity index (χ1n) is 6.75. The first kappa shape index (κ1) is 15.6. The molecule has 2 aromatic rings. The van der Waals surface area contributed by atoms with Crippen molar-refractivity contribution < 1.29 is 18.9 Å². The van der Waals surface area contributed by atoms with Gasteiger partial charge in [0.05, 0.1) is 24.3 Å². The third-order valence-corrected chi connectivity index (χ3v) is 3.11. The van der Waals surface area contributed by atoms with Gasteiger partial charge in [0.2, 0.25) is 0 Å². The van der Waals surface area contributed by atoms with Crippen molar-refractivity contribution in [2.45, 2.75) is 20.4 Å². The summed E-state index contributed by atoms with van der Waals surface area (Å²) in [4.78, 5) is 22.1. The topological polar surface area (TPSA) is 94.6 Å². The molecule has 1 aromatic carbocycles. The lowest BCUT2D eigenvalue weighted by Crippen LogP contribution is -2.09. The smallest absolute Gasteiger partial charge is 0.341 e. The molecule has 0 fully saturated rings. The second kappa shape index (κ2) is 6.75. The summed E-state index contributed by atoms with van der Waals surface area (Å²) in [5.41, 5.74) is 1.81. The van der Waals surface area contributed by atoms with Crippen molar-refractivity contribution in [1.29, 1.82) is 0 Å². The molecule has 1 heterocycles. The van der Waals surface area contributed by atoms with Crippen LogP contribution in [-0.4, -0.2) is 17.5 Å². The number of carbonyl (C=O) groups is 1. The molecule has 0 aliphatic rings. The highest BCUT2D eigenvalue weighted by molar-refractivity contribution is 5.90. The summed E-state index contributed by atoms with van der Waals surface area (Å²) in [5, 5.41) is 13.9. The van der Waals surface area contributed by atoms with Gasteiger partial charge in [-0.05, 0) is 25.5 Å². The van der Waals surface area contributed by atoms with Crippen LogP contribution in [0.1, 0.15) is 28.6 Å². The molecule has 0 atom stereocenters. The molecule has 0 spiro atoms. The van der Waals surface area contributed by atoms with Gasteiger partial charge in [0.15, 0.2) is 0 Å². The van der Waals surface area contributed by atoms with Crippen LogP contribution in [0.2, 0.25) is 0 Å². The number of esters is 1. The molecule has 22 heavy (non-hydrogen) atoms. The number of anilines is 1. The summed E-state index contributed by atoms with van der Waals surface area (Å²) in [5.74, 6) is -0.0341. The van der Waals surface area contributed by atoms with Crippen LogP contribution in [0.15, 0.2) is 34.9 Å². The fraction of sp³-hybridized carbons (Fsp3) is 0.267. The first-order valence-corrected chi connectivity index (χ1v) is 6.75. The maximum atomic E-state index is 11.7. The molecular weight excluding hydrogens is 288 g/mol. The minimum atomic E-state index is -0.457. The number of aryl methyl sites for hydroxylation is 1. The Labute approximate surface area is 127 Å². The number of nitro groups is 1. The van der Waals surface area contributed by atoms with Gasteiger partial charge in [-0.1, -0.05) is 6.07 Å². The first-order chi connectivity index (χ1) is 10.5. The predicted molar refractivity (Wildman–Crippen MR) is 79.8 cm³/mol. The number of nitro benzene ring substituents is 1. The van der Waals surface area contributed by atoms with Crippen LogP contribution in [0.5, 0.6) is 0 Å². The van der Waals surface area contributed by atoms with Crippen molar-refractivity contribution in [3.63, 3.8) is 0 Å². The second-order valence-corrected chi connectivity index (χ2v) is 4.59. The molecule has 0 amide bonds. The Kier molecular flexibility index (Phi) is 4.77. The van der Waals surface area contributed by atoms with Crippen molar-refractivity contribution >= 4 is 17.3 Å². The highest BCUT2D eigenvalue weighted by atomic mass is 16.6. The van der Waals surface area contributed by atoms with Gasteiger partial charge in [0.1, 0.15) is 11.3 Å². The molecule has 0 saturated carbocycles. The Balaban J connectivity index is 2.14. The minimum Gasteiger partial charge on any atom is -0.467 e. The van der Waals surface area contributed by atoms with Gasteiger partial charge in [-0.15, -0.1) is 0 Å². The maximum absolute atomic E-state index is 11.7. The summed E-state index contributed by atoms with van der Waals surface area (Å²) in [6.07, 6.45) is 1.41. The summed E-state index contributed by atoms with van der Waals surface area (Å²) in [6, 6.07) is 6.09. The number of benzene rings is 1. The van der Waals surface area contributed by atoms with Crippen LogP contribution < -0.4 is 5.32 Å². The third kappa shape index (κ3) is 3.43. The number of nitrogens with one attached hydrogen (secondary N) is 1. The van der Waals surface area contributed by atoms with Gasteiger partial charge in [-0.25, -0.2) is 4.79 Å². The number of carbonyl (C=O) groups excluding carboxylic acids is 1. The number of hydrogen-bond donors (Lipinski definition) is 1. The number of nitrogens with zero attached hydrogens (tertiary/aromatic N) is 1. The zero-order chi connectivity index (χ0) is 16.1. The van der Waals surface area contributed by atoms with Crippen molar-refractivity contribution in [1.82, 2.24) is 0 Å². The fourth-order valence-corrected chi connectivity index (χ4v) is 1.96. The number of furan rings is 1. The molecule has 7 heteroatoms. The largest absolute Gasteiger partial charge is 0.467 e. The monoisotopic (exact) mass is 304 g/mol. The zero-order valence-corrected chi connectivity index (χ0v) is 12.3. The summed E-state index contributed by atoms with van der Waals surface area (Å²) in [6.45, 7) is 4.06. The minimum absolute atomic E-state index is 0.00170. The SMILES string of the molecule is CCOC(=O)c1ccoc1CNc1cc([N+](=O)[O-])ccc1C. The van der Waals surface area contributed by atoms with Crippen molar-refractivity contribution in [2.75, 3.05) is 11.9 Å². The maximum Gasteiger partial charge on any atom is 0.341 e. The molecule has 0 bridgehead atoms. The van der Waals surface area contributed by atoms with Crippen molar-refractivity contribution in [3.05, 3.63) is 57.5 Å². The van der Waals surface area contributed by atoms with Crippen LogP contribution in [0, 0.1) is 17.0 Å². The molecule has 0 radical (unpaired) electrons. The van der Waals surface area contributed by atoms with E-state index in [4.69, 9.17) is 9.15 Å². The van der Waals surface area contributed by atoms with E-state index in [1.54, 1.807) is 13.0 Å². The highest BCUT2D eigenvalue weighted by Gasteiger charge is 2.16. The summed E-state index contributed by atoms with van der Waals surface area (Å²) >= 11 is 0.